The van der Waals surface area contributed by atoms with Crippen LogP contribution < -0.4 is 4.90 Å². The number of rotatable bonds is 2. The number of hydrogen-bond donors (Lipinski definition) is 1. The van der Waals surface area contributed by atoms with Gasteiger partial charge in [0.05, 0.1) is 30.0 Å². The normalized spacial score (nSPS) is 10.4. The van der Waals surface area contributed by atoms with Crippen molar-refractivity contribution in [1.29, 1.82) is 0 Å². The van der Waals surface area contributed by atoms with Gasteiger partial charge in [-0.1, -0.05) is 0 Å². The zero-order valence-corrected chi connectivity index (χ0v) is 10.8. The maximum Gasteiger partial charge on any atom is 0.411 e. The van der Waals surface area contributed by atoms with Crippen LogP contribution in [0.1, 0.15) is 0 Å². The number of carbonyl (C=O) groups is 1. The summed E-state index contributed by atoms with van der Waals surface area (Å²) in [6.07, 6.45) is 2.85. The highest BCUT2D eigenvalue weighted by Crippen LogP contribution is 2.25. The summed E-state index contributed by atoms with van der Waals surface area (Å²) in [7, 11) is 1.39. The summed E-state index contributed by atoms with van der Waals surface area (Å²) < 4.78 is 14.7. The first kappa shape index (κ1) is 12.5. The predicted molar refractivity (Wildman–Crippen MR) is 65.4 cm³/mol. The largest absolute Gasteiger partial charge is 0.465 e. The fraction of sp³-hybridized carbons (Fsp3) is 0.100. The third-order valence-electron chi connectivity index (χ3n) is 2.25. The average Bonchev–Trinajstić information content (AvgIpc) is 2.70. The minimum atomic E-state index is -1.12. The summed E-state index contributed by atoms with van der Waals surface area (Å²) >= 11 is 3.15. The zero-order valence-electron chi connectivity index (χ0n) is 9.21. The van der Waals surface area contributed by atoms with Gasteiger partial charge in [0.2, 0.25) is 0 Å². The van der Waals surface area contributed by atoms with Crippen LogP contribution in [-0.4, -0.2) is 33.0 Å². The van der Waals surface area contributed by atoms with Crippen molar-refractivity contribution in [2.45, 2.75) is 0 Å². The van der Waals surface area contributed by atoms with Gasteiger partial charge in [0.25, 0.3) is 0 Å². The van der Waals surface area contributed by atoms with Gasteiger partial charge in [-0.2, -0.15) is 5.10 Å². The molecule has 2 rings (SSSR count). The lowest BCUT2D eigenvalue weighted by atomic mass is 10.4. The molecule has 2 aromatic rings. The van der Waals surface area contributed by atoms with Crippen molar-refractivity contribution in [3.8, 4) is 5.69 Å². The second-order valence-electron chi connectivity index (χ2n) is 3.45. The standard InChI is InChI=1S/C10H8BrFN4O2/c1-15(10(17)18)8-5-16(14-9(8)11)7-2-6(12)3-13-4-7/h2-5H,1H3,(H,17,18). The molecule has 6 nitrogen and oxygen atoms in total. The number of amides is 1. The molecule has 0 aromatic carbocycles. The van der Waals surface area contributed by atoms with Gasteiger partial charge in [0, 0.05) is 13.1 Å². The Morgan fingerprint density at radius 3 is 2.89 bits per heavy atom. The molecule has 94 valence electrons. The first-order valence-electron chi connectivity index (χ1n) is 4.82. The fourth-order valence-corrected chi connectivity index (χ4v) is 1.87. The molecular weight excluding hydrogens is 307 g/mol. The van der Waals surface area contributed by atoms with Crippen LogP contribution in [-0.2, 0) is 0 Å². The highest BCUT2D eigenvalue weighted by molar-refractivity contribution is 9.10. The third kappa shape index (κ3) is 2.33. The van der Waals surface area contributed by atoms with Crippen LogP contribution in [0.5, 0.6) is 0 Å². The summed E-state index contributed by atoms with van der Waals surface area (Å²) in [5.41, 5.74) is 0.757. The highest BCUT2D eigenvalue weighted by atomic mass is 79.9. The topological polar surface area (TPSA) is 71.2 Å². The summed E-state index contributed by atoms with van der Waals surface area (Å²) in [5, 5.41) is 12.9. The molecule has 0 unspecified atom stereocenters. The summed E-state index contributed by atoms with van der Waals surface area (Å²) in [6.45, 7) is 0. The lowest BCUT2D eigenvalue weighted by Gasteiger charge is -2.09. The van der Waals surface area contributed by atoms with Gasteiger partial charge < -0.3 is 5.11 Å². The van der Waals surface area contributed by atoms with Crippen LogP contribution in [0.25, 0.3) is 5.69 Å². The van der Waals surface area contributed by atoms with Crippen LogP contribution in [0.4, 0.5) is 14.9 Å². The Hall–Kier alpha value is -1.96. The second kappa shape index (κ2) is 4.73. The Morgan fingerprint density at radius 1 is 1.56 bits per heavy atom. The van der Waals surface area contributed by atoms with Crippen molar-refractivity contribution in [2.24, 2.45) is 0 Å². The number of nitrogens with zero attached hydrogens (tertiary/aromatic N) is 4. The van der Waals surface area contributed by atoms with E-state index in [-0.39, 0.29) is 0 Å². The van der Waals surface area contributed by atoms with Crippen LogP contribution in [0.2, 0.25) is 0 Å². The molecule has 0 bridgehead atoms. The lowest BCUT2D eigenvalue weighted by Crippen LogP contribution is -2.23. The van der Waals surface area contributed by atoms with E-state index in [1.54, 1.807) is 0 Å². The molecule has 0 saturated carbocycles. The number of hydrogen-bond acceptors (Lipinski definition) is 3. The van der Waals surface area contributed by atoms with Gasteiger partial charge in [0.15, 0.2) is 4.60 Å². The van der Waals surface area contributed by atoms with Gasteiger partial charge >= 0.3 is 6.09 Å². The molecule has 0 fully saturated rings. The maximum atomic E-state index is 13.0. The molecule has 0 saturated heterocycles. The maximum absolute atomic E-state index is 13.0. The van der Waals surface area contributed by atoms with E-state index in [0.717, 1.165) is 11.1 Å². The molecule has 1 N–H and O–H groups in total. The number of aromatic nitrogens is 3. The number of pyridine rings is 1. The highest BCUT2D eigenvalue weighted by Gasteiger charge is 2.16. The van der Waals surface area contributed by atoms with Gasteiger partial charge in [-0.15, -0.1) is 0 Å². The monoisotopic (exact) mass is 314 g/mol. The summed E-state index contributed by atoms with van der Waals surface area (Å²) in [5.74, 6) is -0.493. The minimum absolute atomic E-state index is 0.344. The Morgan fingerprint density at radius 2 is 2.28 bits per heavy atom. The Balaban J connectivity index is 2.43. The van der Waals surface area contributed by atoms with Crippen molar-refractivity contribution in [3.63, 3.8) is 0 Å². The molecule has 0 radical (unpaired) electrons. The van der Waals surface area contributed by atoms with Crippen LogP contribution in [0.15, 0.2) is 29.3 Å². The molecule has 8 heteroatoms. The second-order valence-corrected chi connectivity index (χ2v) is 4.20. The van der Waals surface area contributed by atoms with Crippen LogP contribution in [0, 0.1) is 5.82 Å². The third-order valence-corrected chi connectivity index (χ3v) is 2.82. The van der Waals surface area contributed by atoms with Gasteiger partial charge in [-0.3, -0.25) is 9.88 Å². The number of carboxylic acid groups (broad SMARTS) is 1. The van der Waals surface area contributed by atoms with Crippen LogP contribution >= 0.6 is 15.9 Å². The Bertz CT molecular complexity index is 601. The molecule has 18 heavy (non-hydrogen) atoms. The van der Waals surface area contributed by atoms with E-state index >= 15 is 0 Å². The first-order valence-corrected chi connectivity index (χ1v) is 5.61. The SMILES string of the molecule is CN(C(=O)O)c1cn(-c2cncc(F)c2)nc1Br. The summed E-state index contributed by atoms with van der Waals surface area (Å²) in [4.78, 5) is 15.5. The van der Waals surface area contributed by atoms with E-state index in [2.05, 4.69) is 26.0 Å². The van der Waals surface area contributed by atoms with E-state index in [1.165, 1.54) is 30.2 Å². The molecule has 0 atom stereocenters. The van der Waals surface area contributed by atoms with E-state index in [1.807, 2.05) is 0 Å². The van der Waals surface area contributed by atoms with Gasteiger partial charge in [-0.05, 0) is 15.9 Å². The zero-order chi connectivity index (χ0) is 13.3. The summed E-state index contributed by atoms with van der Waals surface area (Å²) in [6, 6.07) is 1.25. The first-order chi connectivity index (χ1) is 8.49. The van der Waals surface area contributed by atoms with Crippen molar-refractivity contribution in [1.82, 2.24) is 14.8 Å². The van der Waals surface area contributed by atoms with Crippen molar-refractivity contribution in [2.75, 3.05) is 11.9 Å². The smallest absolute Gasteiger partial charge is 0.411 e. The van der Waals surface area contributed by atoms with Gasteiger partial charge in [-0.25, -0.2) is 13.9 Å². The van der Waals surface area contributed by atoms with E-state index in [9.17, 15) is 9.18 Å². The lowest BCUT2D eigenvalue weighted by molar-refractivity contribution is 0.203. The van der Waals surface area contributed by atoms with Crippen molar-refractivity contribution < 1.29 is 14.3 Å². The van der Waals surface area contributed by atoms with E-state index in [4.69, 9.17) is 5.11 Å². The van der Waals surface area contributed by atoms with Crippen molar-refractivity contribution >= 4 is 27.7 Å². The number of anilines is 1. The molecule has 2 aromatic heterocycles. The van der Waals surface area contributed by atoms with E-state index < -0.39 is 11.9 Å². The molecule has 0 aliphatic heterocycles. The molecule has 0 aliphatic carbocycles. The quantitative estimate of drug-likeness (QED) is 0.923. The van der Waals surface area contributed by atoms with E-state index in [0.29, 0.717) is 16.0 Å². The Kier molecular flexibility index (Phi) is 3.28. The molecular formula is C10H8BrFN4O2. The average molecular weight is 315 g/mol. The molecule has 1 amide bonds. The van der Waals surface area contributed by atoms with Crippen LogP contribution in [0.3, 0.4) is 0 Å². The fourth-order valence-electron chi connectivity index (χ4n) is 1.33. The molecule has 0 spiro atoms. The molecule has 0 aliphatic rings. The van der Waals surface area contributed by atoms with Gasteiger partial charge in [0.1, 0.15) is 5.82 Å². The Labute approximate surface area is 110 Å². The van der Waals surface area contributed by atoms with Crippen molar-refractivity contribution in [3.05, 3.63) is 35.1 Å². The number of halogens is 2. The minimum Gasteiger partial charge on any atom is -0.465 e. The molecule has 2 heterocycles. The predicted octanol–water partition coefficient (Wildman–Crippen LogP) is 2.28.